The van der Waals surface area contributed by atoms with Gasteiger partial charge < -0.3 is 14.2 Å². The largest absolute Gasteiger partial charge is 0.487 e. The molecule has 2 aromatic heterocycles. The van der Waals surface area contributed by atoms with Gasteiger partial charge >= 0.3 is 0 Å². The Labute approximate surface area is 166 Å². The predicted molar refractivity (Wildman–Crippen MR) is 109 cm³/mol. The zero-order valence-electron chi connectivity index (χ0n) is 15.9. The zero-order chi connectivity index (χ0) is 19.5. The van der Waals surface area contributed by atoms with E-state index in [1.807, 2.05) is 19.1 Å². The molecule has 3 aromatic rings. The standard InChI is InChI=1S/C21H20N4O2S/c1-13-23-17-18(15(12-22)19(26)24(2)20(17)28-13)25-9-7-21(8-10-25)11-14-5-3-4-6-16(14)27-21/h3-6H,7-11H2,1-2H3. The molecule has 0 atom stereocenters. The molecule has 4 heterocycles. The molecule has 0 aliphatic carbocycles. The van der Waals surface area contributed by atoms with Crippen LogP contribution in [0.25, 0.3) is 10.3 Å². The lowest BCUT2D eigenvalue weighted by molar-refractivity contribution is 0.0668. The maximum absolute atomic E-state index is 12.8. The normalized spacial score (nSPS) is 17.5. The molecule has 0 amide bonds. The van der Waals surface area contributed by atoms with E-state index in [4.69, 9.17) is 4.74 Å². The van der Waals surface area contributed by atoms with Crippen LogP contribution < -0.4 is 15.2 Å². The number of hydrogen-bond acceptors (Lipinski definition) is 6. The number of hydrogen-bond donors (Lipinski definition) is 0. The number of ether oxygens (including phenoxy) is 1. The number of benzene rings is 1. The van der Waals surface area contributed by atoms with Gasteiger partial charge in [-0.15, -0.1) is 11.3 Å². The lowest BCUT2D eigenvalue weighted by Crippen LogP contribution is -2.48. The van der Waals surface area contributed by atoms with Gasteiger partial charge in [-0.2, -0.15) is 5.26 Å². The van der Waals surface area contributed by atoms with E-state index in [0.717, 1.165) is 53.5 Å². The van der Waals surface area contributed by atoms with Gasteiger partial charge in [0.1, 0.15) is 33.3 Å². The monoisotopic (exact) mass is 392 g/mol. The molecule has 7 heteroatoms. The Kier molecular flexibility index (Phi) is 3.75. The van der Waals surface area contributed by atoms with Gasteiger partial charge in [-0.3, -0.25) is 4.79 Å². The van der Waals surface area contributed by atoms with Crippen LogP contribution in [0.2, 0.25) is 0 Å². The summed E-state index contributed by atoms with van der Waals surface area (Å²) in [7, 11) is 1.71. The van der Waals surface area contributed by atoms with Crippen molar-refractivity contribution in [3.63, 3.8) is 0 Å². The van der Waals surface area contributed by atoms with Crippen LogP contribution in [-0.2, 0) is 13.5 Å². The summed E-state index contributed by atoms with van der Waals surface area (Å²) in [6.45, 7) is 3.41. The van der Waals surface area contributed by atoms with E-state index in [-0.39, 0.29) is 16.7 Å². The van der Waals surface area contributed by atoms with Crippen LogP contribution in [0.15, 0.2) is 29.1 Å². The Balaban J connectivity index is 1.51. The Bertz CT molecular complexity index is 1170. The minimum Gasteiger partial charge on any atom is -0.487 e. The summed E-state index contributed by atoms with van der Waals surface area (Å²) in [4.78, 5) is 20.4. The second-order valence-corrected chi connectivity index (χ2v) is 8.82. The van der Waals surface area contributed by atoms with Gasteiger partial charge in [0.05, 0.1) is 10.7 Å². The zero-order valence-corrected chi connectivity index (χ0v) is 16.7. The molecule has 1 saturated heterocycles. The maximum Gasteiger partial charge on any atom is 0.271 e. The summed E-state index contributed by atoms with van der Waals surface area (Å²) in [5, 5.41) is 10.6. The number of piperidine rings is 1. The molecular weight excluding hydrogens is 372 g/mol. The lowest BCUT2D eigenvalue weighted by atomic mass is 9.87. The summed E-state index contributed by atoms with van der Waals surface area (Å²) in [5.41, 5.74) is 2.47. The van der Waals surface area contributed by atoms with Gasteiger partial charge in [-0.05, 0) is 18.6 Å². The van der Waals surface area contributed by atoms with Crippen molar-refractivity contribution in [3.05, 3.63) is 50.8 Å². The second-order valence-electron chi connectivity index (χ2n) is 7.64. The number of anilines is 1. The first-order valence-corrected chi connectivity index (χ1v) is 10.2. The number of para-hydroxylation sites is 1. The van der Waals surface area contributed by atoms with E-state index in [9.17, 15) is 10.1 Å². The van der Waals surface area contributed by atoms with E-state index in [1.165, 1.54) is 16.9 Å². The first kappa shape index (κ1) is 17.3. The molecule has 0 unspecified atom stereocenters. The minimum atomic E-state index is -0.251. The highest BCUT2D eigenvalue weighted by Gasteiger charge is 2.42. The lowest BCUT2D eigenvalue weighted by Gasteiger charge is -2.40. The molecule has 28 heavy (non-hydrogen) atoms. The van der Waals surface area contributed by atoms with Crippen molar-refractivity contribution in [1.82, 2.24) is 9.55 Å². The Morgan fingerprint density at radius 3 is 2.75 bits per heavy atom. The Hall–Kier alpha value is -2.85. The highest BCUT2D eigenvalue weighted by Crippen LogP contribution is 2.42. The van der Waals surface area contributed by atoms with Gasteiger partial charge in [-0.25, -0.2) is 4.98 Å². The highest BCUT2D eigenvalue weighted by molar-refractivity contribution is 7.18. The van der Waals surface area contributed by atoms with E-state index < -0.39 is 0 Å². The van der Waals surface area contributed by atoms with Crippen molar-refractivity contribution in [2.75, 3.05) is 18.0 Å². The predicted octanol–water partition coefficient (Wildman–Crippen LogP) is 3.15. The van der Waals surface area contributed by atoms with Crippen LogP contribution in [-0.4, -0.2) is 28.2 Å². The fourth-order valence-corrected chi connectivity index (χ4v) is 5.34. The number of aryl methyl sites for hydroxylation is 2. The quantitative estimate of drug-likeness (QED) is 0.636. The van der Waals surface area contributed by atoms with E-state index in [0.29, 0.717) is 5.69 Å². The van der Waals surface area contributed by atoms with E-state index in [2.05, 4.69) is 28.1 Å². The molecule has 0 N–H and O–H groups in total. The van der Waals surface area contributed by atoms with Crippen molar-refractivity contribution in [3.8, 4) is 11.8 Å². The third kappa shape index (κ3) is 2.45. The molecule has 0 bridgehead atoms. The Morgan fingerprint density at radius 1 is 1.29 bits per heavy atom. The maximum atomic E-state index is 12.8. The molecule has 0 radical (unpaired) electrons. The van der Waals surface area contributed by atoms with Crippen LogP contribution in [0.5, 0.6) is 5.75 Å². The first-order valence-electron chi connectivity index (χ1n) is 9.43. The van der Waals surface area contributed by atoms with Gasteiger partial charge in [0.2, 0.25) is 0 Å². The fourth-order valence-electron chi connectivity index (χ4n) is 4.47. The number of aromatic nitrogens is 2. The van der Waals surface area contributed by atoms with Crippen LogP contribution in [0.1, 0.15) is 29.0 Å². The molecular formula is C21H20N4O2S. The fraction of sp³-hybridized carbons (Fsp3) is 0.381. The van der Waals surface area contributed by atoms with Crippen molar-refractivity contribution in [1.29, 1.82) is 5.26 Å². The summed E-state index contributed by atoms with van der Waals surface area (Å²) in [5.74, 6) is 0.986. The number of rotatable bonds is 1. The summed E-state index contributed by atoms with van der Waals surface area (Å²) >= 11 is 1.49. The molecule has 1 spiro atoms. The van der Waals surface area contributed by atoms with E-state index in [1.54, 1.807) is 11.6 Å². The summed E-state index contributed by atoms with van der Waals surface area (Å²) < 4.78 is 7.89. The number of nitrogens with zero attached hydrogens (tertiary/aromatic N) is 4. The van der Waals surface area contributed by atoms with Crippen molar-refractivity contribution in [2.24, 2.45) is 7.05 Å². The smallest absolute Gasteiger partial charge is 0.271 e. The Morgan fingerprint density at radius 2 is 2.04 bits per heavy atom. The third-order valence-corrected chi connectivity index (χ3v) is 6.96. The van der Waals surface area contributed by atoms with Crippen molar-refractivity contribution >= 4 is 27.4 Å². The first-order chi connectivity index (χ1) is 13.5. The summed E-state index contributed by atoms with van der Waals surface area (Å²) in [6, 6.07) is 10.4. The topological polar surface area (TPSA) is 71.2 Å². The molecule has 1 aromatic carbocycles. The molecule has 2 aliphatic heterocycles. The number of pyridine rings is 1. The van der Waals surface area contributed by atoms with Crippen molar-refractivity contribution < 1.29 is 4.74 Å². The molecule has 0 saturated carbocycles. The van der Waals surface area contributed by atoms with Gasteiger partial charge in [0.15, 0.2) is 0 Å². The highest BCUT2D eigenvalue weighted by atomic mass is 32.1. The molecule has 2 aliphatic rings. The third-order valence-electron chi connectivity index (χ3n) is 5.91. The SMILES string of the molecule is Cc1nc2c(N3CCC4(CC3)Cc3ccccc3O4)c(C#N)c(=O)n(C)c2s1. The van der Waals surface area contributed by atoms with Gasteiger partial charge in [0.25, 0.3) is 5.56 Å². The summed E-state index contributed by atoms with van der Waals surface area (Å²) in [6.07, 6.45) is 2.63. The van der Waals surface area contributed by atoms with Crippen LogP contribution in [0, 0.1) is 18.3 Å². The molecule has 1 fully saturated rings. The number of fused-ring (bicyclic) bond motifs is 2. The van der Waals surface area contributed by atoms with Crippen LogP contribution >= 0.6 is 11.3 Å². The minimum absolute atomic E-state index is 0.177. The number of thiazole rings is 1. The van der Waals surface area contributed by atoms with Gasteiger partial charge in [0, 0.05) is 39.4 Å². The van der Waals surface area contributed by atoms with Crippen LogP contribution in [0.3, 0.4) is 0 Å². The molecule has 5 rings (SSSR count). The van der Waals surface area contributed by atoms with Crippen LogP contribution in [0.4, 0.5) is 5.69 Å². The average molecular weight is 392 g/mol. The average Bonchev–Trinajstić information content (AvgIpc) is 3.25. The van der Waals surface area contributed by atoms with Crippen molar-refractivity contribution in [2.45, 2.75) is 31.8 Å². The second kappa shape index (κ2) is 6.08. The molecule has 6 nitrogen and oxygen atoms in total. The molecule has 142 valence electrons. The number of nitriles is 1. The van der Waals surface area contributed by atoms with Gasteiger partial charge in [-0.1, -0.05) is 18.2 Å². The van der Waals surface area contributed by atoms with E-state index >= 15 is 0 Å².